The van der Waals surface area contributed by atoms with Crippen molar-refractivity contribution in [2.24, 2.45) is 5.92 Å². The van der Waals surface area contributed by atoms with Gasteiger partial charge in [-0.25, -0.2) is 0 Å². The molecule has 1 aliphatic heterocycles. The third-order valence-electron chi connectivity index (χ3n) is 4.55. The van der Waals surface area contributed by atoms with E-state index in [9.17, 15) is 9.90 Å². The summed E-state index contributed by atoms with van der Waals surface area (Å²) in [7, 11) is 0. The molecule has 4 heteroatoms. The standard InChI is InChI=1S/C17H23NO3/c19-15(9-12-5-3-1-2-4-6-12)13-7-8-16-14(10-13)18-17(20)11-21-16/h7-8,10,12,15,19H,1-6,9,11H2,(H,18,20). The highest BCUT2D eigenvalue weighted by molar-refractivity contribution is 5.95. The minimum absolute atomic E-state index is 0.0664. The SMILES string of the molecule is O=C1COc2ccc(C(O)CC3CCCCCC3)cc2N1. The molecule has 1 atom stereocenters. The van der Waals surface area contributed by atoms with Crippen LogP contribution in [0.1, 0.15) is 56.6 Å². The quantitative estimate of drug-likeness (QED) is 0.838. The number of aliphatic hydroxyl groups is 1. The maximum Gasteiger partial charge on any atom is 0.262 e. The Morgan fingerprint density at radius 2 is 2.00 bits per heavy atom. The minimum Gasteiger partial charge on any atom is -0.482 e. The Bertz CT molecular complexity index is 507. The normalized spacial score (nSPS) is 20.9. The number of benzene rings is 1. The zero-order valence-corrected chi connectivity index (χ0v) is 12.3. The molecule has 0 spiro atoms. The second-order valence-electron chi connectivity index (χ2n) is 6.20. The van der Waals surface area contributed by atoms with E-state index in [1.807, 2.05) is 18.2 Å². The lowest BCUT2D eigenvalue weighted by Gasteiger charge is -2.22. The first kappa shape index (κ1) is 14.4. The fraction of sp³-hybridized carbons (Fsp3) is 0.588. The lowest BCUT2D eigenvalue weighted by molar-refractivity contribution is -0.118. The number of nitrogens with one attached hydrogen (secondary N) is 1. The van der Waals surface area contributed by atoms with Crippen molar-refractivity contribution in [2.45, 2.75) is 51.0 Å². The summed E-state index contributed by atoms with van der Waals surface area (Å²) in [5.41, 5.74) is 1.53. The highest BCUT2D eigenvalue weighted by Crippen LogP contribution is 2.35. The van der Waals surface area contributed by atoms with Gasteiger partial charge in [0.05, 0.1) is 11.8 Å². The number of carbonyl (C=O) groups is 1. The van der Waals surface area contributed by atoms with Gasteiger partial charge >= 0.3 is 0 Å². The van der Waals surface area contributed by atoms with Crippen molar-refractivity contribution in [3.8, 4) is 5.75 Å². The second kappa shape index (κ2) is 6.48. The van der Waals surface area contributed by atoms with Gasteiger partial charge in [-0.05, 0) is 30.0 Å². The van der Waals surface area contributed by atoms with Crippen LogP contribution in [0.25, 0.3) is 0 Å². The Morgan fingerprint density at radius 1 is 1.24 bits per heavy atom. The number of fused-ring (bicyclic) bond motifs is 1. The summed E-state index contributed by atoms with van der Waals surface area (Å²) in [6, 6.07) is 5.58. The molecule has 0 radical (unpaired) electrons. The number of aliphatic hydroxyl groups excluding tert-OH is 1. The Balaban J connectivity index is 1.68. The molecule has 1 fully saturated rings. The van der Waals surface area contributed by atoms with Gasteiger partial charge in [0, 0.05) is 0 Å². The first-order valence-corrected chi connectivity index (χ1v) is 7.97. The lowest BCUT2D eigenvalue weighted by Crippen LogP contribution is -2.25. The molecular formula is C17H23NO3. The van der Waals surface area contributed by atoms with E-state index in [4.69, 9.17) is 4.74 Å². The van der Waals surface area contributed by atoms with Gasteiger partial charge < -0.3 is 15.2 Å². The number of carbonyl (C=O) groups excluding carboxylic acids is 1. The summed E-state index contributed by atoms with van der Waals surface area (Å²) in [4.78, 5) is 11.4. The number of hydrogen-bond donors (Lipinski definition) is 2. The van der Waals surface area contributed by atoms with Crippen molar-refractivity contribution in [3.63, 3.8) is 0 Å². The number of amides is 1. The molecule has 1 aliphatic carbocycles. The molecule has 114 valence electrons. The van der Waals surface area contributed by atoms with E-state index in [0.717, 1.165) is 12.0 Å². The van der Waals surface area contributed by atoms with Crippen molar-refractivity contribution in [1.82, 2.24) is 0 Å². The van der Waals surface area contributed by atoms with Crippen LogP contribution < -0.4 is 10.1 Å². The predicted octanol–water partition coefficient (Wildman–Crippen LogP) is 3.41. The van der Waals surface area contributed by atoms with Gasteiger partial charge in [-0.1, -0.05) is 44.6 Å². The van der Waals surface area contributed by atoms with Gasteiger partial charge in [-0.15, -0.1) is 0 Å². The van der Waals surface area contributed by atoms with Crippen molar-refractivity contribution < 1.29 is 14.6 Å². The molecule has 0 bridgehead atoms. The van der Waals surface area contributed by atoms with Crippen LogP contribution in [0.3, 0.4) is 0 Å². The summed E-state index contributed by atoms with van der Waals surface area (Å²) in [5, 5.41) is 13.3. The highest BCUT2D eigenvalue weighted by atomic mass is 16.5. The van der Waals surface area contributed by atoms with Gasteiger partial charge in [0.2, 0.25) is 0 Å². The van der Waals surface area contributed by atoms with Crippen molar-refractivity contribution in [1.29, 1.82) is 0 Å². The summed E-state index contributed by atoms with van der Waals surface area (Å²) in [5.74, 6) is 1.15. The molecule has 1 aromatic rings. The summed E-state index contributed by atoms with van der Waals surface area (Å²) < 4.78 is 5.34. The molecule has 1 aromatic carbocycles. The number of ether oxygens (including phenoxy) is 1. The van der Waals surface area contributed by atoms with Crippen LogP contribution in [-0.2, 0) is 4.79 Å². The first-order chi connectivity index (χ1) is 10.2. The molecule has 4 nitrogen and oxygen atoms in total. The second-order valence-corrected chi connectivity index (χ2v) is 6.20. The third kappa shape index (κ3) is 3.56. The van der Waals surface area contributed by atoms with Crippen LogP contribution in [0.4, 0.5) is 5.69 Å². The molecule has 0 saturated heterocycles. The van der Waals surface area contributed by atoms with Crippen LogP contribution in [0, 0.1) is 5.92 Å². The summed E-state index contributed by atoms with van der Waals surface area (Å²) in [6.45, 7) is 0.0664. The Kier molecular flexibility index (Phi) is 4.44. The molecule has 3 rings (SSSR count). The molecule has 1 saturated carbocycles. The average Bonchev–Trinajstić information content (AvgIpc) is 2.75. The molecule has 0 aromatic heterocycles. The van der Waals surface area contributed by atoms with Gasteiger partial charge in [0.1, 0.15) is 5.75 Å². The van der Waals surface area contributed by atoms with Gasteiger partial charge in [-0.2, -0.15) is 0 Å². The fourth-order valence-corrected chi connectivity index (χ4v) is 3.36. The molecule has 1 heterocycles. The monoisotopic (exact) mass is 289 g/mol. The van der Waals surface area contributed by atoms with E-state index >= 15 is 0 Å². The molecule has 2 N–H and O–H groups in total. The predicted molar refractivity (Wildman–Crippen MR) is 81.3 cm³/mol. The van der Waals surface area contributed by atoms with Crippen LogP contribution in [0.5, 0.6) is 5.75 Å². The third-order valence-corrected chi connectivity index (χ3v) is 4.55. The topological polar surface area (TPSA) is 58.6 Å². The van der Waals surface area contributed by atoms with Crippen LogP contribution in [0.2, 0.25) is 0 Å². The van der Waals surface area contributed by atoms with Gasteiger partial charge in [0.25, 0.3) is 5.91 Å². The zero-order valence-electron chi connectivity index (χ0n) is 12.3. The minimum atomic E-state index is -0.461. The Morgan fingerprint density at radius 3 is 2.76 bits per heavy atom. The van der Waals surface area contributed by atoms with Crippen molar-refractivity contribution >= 4 is 11.6 Å². The summed E-state index contributed by atoms with van der Waals surface area (Å²) in [6.07, 6.45) is 8.02. The number of rotatable bonds is 3. The first-order valence-electron chi connectivity index (χ1n) is 7.97. The highest BCUT2D eigenvalue weighted by Gasteiger charge is 2.21. The molecule has 21 heavy (non-hydrogen) atoms. The van der Waals surface area contributed by atoms with E-state index < -0.39 is 6.10 Å². The molecular weight excluding hydrogens is 266 g/mol. The molecule has 1 amide bonds. The van der Waals surface area contributed by atoms with E-state index in [1.54, 1.807) is 0 Å². The van der Waals surface area contributed by atoms with E-state index in [-0.39, 0.29) is 12.5 Å². The molecule has 2 aliphatic rings. The van der Waals surface area contributed by atoms with Gasteiger partial charge in [0.15, 0.2) is 6.61 Å². The summed E-state index contributed by atoms with van der Waals surface area (Å²) >= 11 is 0. The Labute approximate surface area is 125 Å². The Hall–Kier alpha value is -1.55. The van der Waals surface area contributed by atoms with E-state index in [2.05, 4.69) is 5.32 Å². The average molecular weight is 289 g/mol. The maximum absolute atomic E-state index is 11.4. The van der Waals surface area contributed by atoms with Crippen molar-refractivity contribution in [2.75, 3.05) is 11.9 Å². The molecule has 1 unspecified atom stereocenters. The smallest absolute Gasteiger partial charge is 0.262 e. The largest absolute Gasteiger partial charge is 0.482 e. The van der Waals surface area contributed by atoms with Gasteiger partial charge in [-0.3, -0.25) is 4.79 Å². The van der Waals surface area contributed by atoms with Crippen LogP contribution in [-0.4, -0.2) is 17.6 Å². The number of anilines is 1. The maximum atomic E-state index is 11.4. The van der Waals surface area contributed by atoms with Crippen LogP contribution in [0.15, 0.2) is 18.2 Å². The van der Waals surface area contributed by atoms with E-state index in [1.165, 1.54) is 38.5 Å². The van der Waals surface area contributed by atoms with E-state index in [0.29, 0.717) is 17.4 Å². The van der Waals surface area contributed by atoms with Crippen LogP contribution >= 0.6 is 0 Å². The fourth-order valence-electron chi connectivity index (χ4n) is 3.36. The van der Waals surface area contributed by atoms with Crippen molar-refractivity contribution in [3.05, 3.63) is 23.8 Å². The lowest BCUT2D eigenvalue weighted by atomic mass is 9.91. The zero-order chi connectivity index (χ0) is 14.7. The number of hydrogen-bond acceptors (Lipinski definition) is 3.